The third kappa shape index (κ3) is 10.2. The van der Waals surface area contributed by atoms with E-state index in [2.05, 4.69) is 29.3 Å². The highest BCUT2D eigenvalue weighted by Crippen LogP contribution is 2.31. The molecule has 1 heterocycles. The lowest BCUT2D eigenvalue weighted by Gasteiger charge is -2.41. The summed E-state index contributed by atoms with van der Waals surface area (Å²) in [5.41, 5.74) is 10.1. The molecule has 254 valence electrons. The Kier molecular flexibility index (Phi) is 13.5. The van der Waals surface area contributed by atoms with Crippen LogP contribution in [0, 0.1) is 11.6 Å². The van der Waals surface area contributed by atoms with Gasteiger partial charge in [0.1, 0.15) is 11.6 Å². The van der Waals surface area contributed by atoms with Crippen molar-refractivity contribution in [2.45, 2.75) is 83.9 Å². The standard InChI is InChI=1S/C38H50F2N4O3/c1-4-12-43(13-5-2)38(47)32-20-30(19-31(21-32)37(41)46)29-11-8-14-44(25-29)35(18-28-16-33(39)22-34(40)17-28)36(45)24-42-23-27-10-7-9-26(6-3)15-27/h7,9-10,15-17,19-22,29,35-36,42,45H,4-6,8,11-14,18,23-25H2,1-3H3,(H2,41,46)/t29?,35-,36+/m0/s1. The van der Waals surface area contributed by atoms with Crippen LogP contribution in [0.4, 0.5) is 8.78 Å². The fourth-order valence-corrected chi connectivity index (χ4v) is 6.71. The van der Waals surface area contributed by atoms with Crippen LogP contribution in [0.2, 0.25) is 0 Å². The summed E-state index contributed by atoms with van der Waals surface area (Å²) in [6.07, 6.45) is 3.64. The van der Waals surface area contributed by atoms with E-state index < -0.39 is 29.7 Å². The van der Waals surface area contributed by atoms with Crippen LogP contribution in [-0.4, -0.2) is 71.6 Å². The fraction of sp³-hybridized carbons (Fsp3) is 0.474. The zero-order chi connectivity index (χ0) is 33.9. The Morgan fingerprint density at radius 1 is 0.957 bits per heavy atom. The minimum atomic E-state index is -0.833. The number of piperidine rings is 1. The smallest absolute Gasteiger partial charge is 0.253 e. The molecule has 47 heavy (non-hydrogen) atoms. The number of nitrogens with zero attached hydrogens (tertiary/aromatic N) is 2. The Morgan fingerprint density at radius 3 is 2.30 bits per heavy atom. The van der Waals surface area contributed by atoms with Gasteiger partial charge >= 0.3 is 0 Å². The molecule has 4 rings (SSSR count). The predicted molar refractivity (Wildman–Crippen MR) is 182 cm³/mol. The SMILES string of the molecule is CCCN(CCC)C(=O)c1cc(C(N)=O)cc(C2CCCN([C@@H](Cc3cc(F)cc(F)c3)[C@H](O)CNCc3cccc(CC)c3)C2)c1. The number of likely N-dealkylation sites (tertiary alicyclic amines) is 1. The van der Waals surface area contributed by atoms with Crippen LogP contribution in [0.15, 0.2) is 60.7 Å². The maximum absolute atomic E-state index is 14.2. The molecular formula is C38H50F2N4O3. The average Bonchev–Trinajstić information content (AvgIpc) is 3.06. The van der Waals surface area contributed by atoms with Crippen molar-refractivity contribution in [1.82, 2.24) is 15.1 Å². The highest BCUT2D eigenvalue weighted by molar-refractivity contribution is 5.99. The number of carbonyl (C=O) groups is 2. The first-order valence-electron chi connectivity index (χ1n) is 17.0. The lowest BCUT2D eigenvalue weighted by atomic mass is 9.86. The molecule has 3 aromatic carbocycles. The molecule has 2 amide bonds. The van der Waals surface area contributed by atoms with Gasteiger partial charge in [0, 0.05) is 56.0 Å². The minimum Gasteiger partial charge on any atom is -0.390 e. The molecule has 4 N–H and O–H groups in total. The number of halogens is 2. The topological polar surface area (TPSA) is 98.9 Å². The number of aliphatic hydroxyl groups excluding tert-OH is 1. The molecule has 1 saturated heterocycles. The normalized spacial score (nSPS) is 16.5. The van der Waals surface area contributed by atoms with Crippen molar-refractivity contribution >= 4 is 11.8 Å². The third-order valence-electron chi connectivity index (χ3n) is 9.05. The molecule has 0 spiro atoms. The third-order valence-corrected chi connectivity index (χ3v) is 9.05. The number of amides is 2. The second-order valence-corrected chi connectivity index (χ2v) is 12.8. The van der Waals surface area contributed by atoms with Crippen LogP contribution < -0.4 is 11.1 Å². The number of carbonyl (C=O) groups excluding carboxylic acids is 2. The Labute approximate surface area is 278 Å². The van der Waals surface area contributed by atoms with E-state index in [4.69, 9.17) is 5.73 Å². The van der Waals surface area contributed by atoms with Crippen LogP contribution >= 0.6 is 0 Å². The summed E-state index contributed by atoms with van der Waals surface area (Å²) >= 11 is 0. The molecule has 0 bridgehead atoms. The first kappa shape index (κ1) is 36.2. The number of benzene rings is 3. The highest BCUT2D eigenvalue weighted by Gasteiger charge is 2.32. The Bertz CT molecular complexity index is 1470. The largest absolute Gasteiger partial charge is 0.390 e. The van der Waals surface area contributed by atoms with E-state index in [0.717, 1.165) is 49.3 Å². The van der Waals surface area contributed by atoms with Crippen LogP contribution in [0.25, 0.3) is 0 Å². The zero-order valence-corrected chi connectivity index (χ0v) is 28.0. The molecule has 0 aromatic heterocycles. The van der Waals surface area contributed by atoms with Gasteiger partial charge in [0.25, 0.3) is 5.91 Å². The van der Waals surface area contributed by atoms with E-state index in [1.165, 1.54) is 17.7 Å². The molecule has 0 saturated carbocycles. The van der Waals surface area contributed by atoms with Crippen molar-refractivity contribution in [3.8, 4) is 0 Å². The molecule has 0 aliphatic carbocycles. The van der Waals surface area contributed by atoms with Gasteiger partial charge in [0.05, 0.1) is 6.10 Å². The summed E-state index contributed by atoms with van der Waals surface area (Å²) in [5, 5.41) is 15.0. The van der Waals surface area contributed by atoms with Crippen molar-refractivity contribution < 1.29 is 23.5 Å². The first-order chi connectivity index (χ1) is 22.6. The van der Waals surface area contributed by atoms with E-state index in [-0.39, 0.29) is 18.2 Å². The van der Waals surface area contributed by atoms with Crippen LogP contribution in [0.3, 0.4) is 0 Å². The summed E-state index contributed by atoms with van der Waals surface area (Å²) in [5.74, 6) is -2.06. The lowest BCUT2D eigenvalue weighted by Crippen LogP contribution is -2.51. The molecule has 3 aromatic rings. The van der Waals surface area contributed by atoms with Gasteiger partial charge in [-0.25, -0.2) is 8.78 Å². The van der Waals surface area contributed by atoms with Gasteiger partial charge in [-0.05, 0) is 104 Å². The van der Waals surface area contributed by atoms with E-state index in [9.17, 15) is 23.5 Å². The van der Waals surface area contributed by atoms with Crippen molar-refractivity contribution in [1.29, 1.82) is 0 Å². The molecule has 9 heteroatoms. The van der Waals surface area contributed by atoms with Crippen molar-refractivity contribution in [3.63, 3.8) is 0 Å². The van der Waals surface area contributed by atoms with Gasteiger partial charge in [-0.3, -0.25) is 14.5 Å². The van der Waals surface area contributed by atoms with Gasteiger partial charge in [-0.15, -0.1) is 0 Å². The molecule has 1 fully saturated rings. The van der Waals surface area contributed by atoms with Gasteiger partial charge in [-0.2, -0.15) is 0 Å². The quantitative estimate of drug-likeness (QED) is 0.182. The van der Waals surface area contributed by atoms with Gasteiger partial charge in [-0.1, -0.05) is 45.0 Å². The van der Waals surface area contributed by atoms with E-state index in [0.29, 0.717) is 56.0 Å². The lowest BCUT2D eigenvalue weighted by molar-refractivity contribution is 0.0332. The van der Waals surface area contributed by atoms with Gasteiger partial charge in [0.15, 0.2) is 0 Å². The number of nitrogens with two attached hydrogens (primary N) is 1. The summed E-state index contributed by atoms with van der Waals surface area (Å²) in [6, 6.07) is 16.6. The Balaban J connectivity index is 1.58. The minimum absolute atomic E-state index is 0.0379. The molecule has 1 unspecified atom stereocenters. The number of hydrogen-bond donors (Lipinski definition) is 3. The Morgan fingerprint density at radius 2 is 1.64 bits per heavy atom. The number of hydrogen-bond acceptors (Lipinski definition) is 5. The summed E-state index contributed by atoms with van der Waals surface area (Å²) in [4.78, 5) is 29.9. The number of aliphatic hydroxyl groups is 1. The van der Waals surface area contributed by atoms with Crippen LogP contribution in [0.5, 0.6) is 0 Å². The monoisotopic (exact) mass is 648 g/mol. The zero-order valence-electron chi connectivity index (χ0n) is 28.0. The summed E-state index contributed by atoms with van der Waals surface area (Å²) < 4.78 is 28.4. The molecule has 0 radical (unpaired) electrons. The maximum Gasteiger partial charge on any atom is 0.253 e. The highest BCUT2D eigenvalue weighted by atomic mass is 19.1. The predicted octanol–water partition coefficient (Wildman–Crippen LogP) is 5.83. The van der Waals surface area contributed by atoms with Crippen LogP contribution in [0.1, 0.15) is 95.3 Å². The molecule has 1 aliphatic heterocycles. The average molecular weight is 649 g/mol. The number of rotatable bonds is 16. The van der Waals surface area contributed by atoms with E-state index >= 15 is 0 Å². The van der Waals surface area contributed by atoms with Crippen molar-refractivity contribution in [2.24, 2.45) is 5.73 Å². The van der Waals surface area contributed by atoms with Gasteiger partial charge < -0.3 is 21.1 Å². The van der Waals surface area contributed by atoms with Gasteiger partial charge in [0.2, 0.25) is 5.91 Å². The van der Waals surface area contributed by atoms with E-state index in [1.54, 1.807) is 12.1 Å². The first-order valence-corrected chi connectivity index (χ1v) is 17.0. The van der Waals surface area contributed by atoms with Crippen molar-refractivity contribution in [2.75, 3.05) is 32.7 Å². The second kappa shape index (κ2) is 17.5. The molecule has 3 atom stereocenters. The Hall–Kier alpha value is -3.66. The maximum atomic E-state index is 14.2. The molecular weight excluding hydrogens is 598 g/mol. The van der Waals surface area contributed by atoms with Crippen LogP contribution in [-0.2, 0) is 19.4 Å². The number of nitrogens with one attached hydrogen (secondary N) is 1. The second-order valence-electron chi connectivity index (χ2n) is 12.8. The molecule has 1 aliphatic rings. The number of primary amides is 1. The molecule has 7 nitrogen and oxygen atoms in total. The van der Waals surface area contributed by atoms with E-state index in [1.807, 2.05) is 36.9 Å². The fourth-order valence-electron chi connectivity index (χ4n) is 6.71. The van der Waals surface area contributed by atoms with Crippen molar-refractivity contribution in [3.05, 3.63) is 106 Å². The number of aryl methyl sites for hydroxylation is 1. The summed E-state index contributed by atoms with van der Waals surface area (Å²) in [6.45, 7) is 9.52. The summed E-state index contributed by atoms with van der Waals surface area (Å²) in [7, 11) is 0.